The van der Waals surface area contributed by atoms with Gasteiger partial charge in [0.05, 0.1) is 7.11 Å². The maximum Gasteiger partial charge on any atom is 0.165 e. The van der Waals surface area contributed by atoms with E-state index in [9.17, 15) is 4.79 Å². The Bertz CT molecular complexity index is 360. The quantitative estimate of drug-likeness (QED) is 0.729. The van der Waals surface area contributed by atoms with E-state index in [1.54, 1.807) is 7.11 Å². The van der Waals surface area contributed by atoms with Gasteiger partial charge in [-0.1, -0.05) is 32.0 Å². The minimum absolute atomic E-state index is 0.0861. The van der Waals surface area contributed by atoms with Crippen LogP contribution in [0.2, 0.25) is 0 Å². The van der Waals surface area contributed by atoms with Crippen molar-refractivity contribution in [3.63, 3.8) is 0 Å². The first kappa shape index (κ1) is 13.7. The van der Waals surface area contributed by atoms with Crippen LogP contribution < -0.4 is 4.74 Å². The van der Waals surface area contributed by atoms with Crippen LogP contribution in [0.1, 0.15) is 38.4 Å². The van der Waals surface area contributed by atoms with Gasteiger partial charge in [0.1, 0.15) is 11.9 Å². The number of methoxy groups -OCH3 is 1. The molecule has 0 N–H and O–H groups in total. The first-order valence-electron chi connectivity index (χ1n) is 6.01. The van der Waals surface area contributed by atoms with E-state index in [0.29, 0.717) is 18.8 Å². The van der Waals surface area contributed by atoms with Gasteiger partial charge in [0, 0.05) is 18.6 Å². The highest BCUT2D eigenvalue weighted by Gasteiger charge is 2.22. The third kappa shape index (κ3) is 3.56. The number of ketones is 1. The summed E-state index contributed by atoms with van der Waals surface area (Å²) in [6.07, 6.45) is 0.853. The highest BCUT2D eigenvalue weighted by atomic mass is 16.5. The van der Waals surface area contributed by atoms with Gasteiger partial charge in [-0.2, -0.15) is 0 Å². The Morgan fingerprint density at radius 1 is 1.29 bits per heavy atom. The topological polar surface area (TPSA) is 35.5 Å². The van der Waals surface area contributed by atoms with Crippen molar-refractivity contribution in [1.82, 2.24) is 0 Å². The summed E-state index contributed by atoms with van der Waals surface area (Å²) in [6.45, 7) is 4.45. The Morgan fingerprint density at radius 2 is 2.00 bits per heavy atom. The lowest BCUT2D eigenvalue weighted by Gasteiger charge is -2.18. The predicted molar refractivity (Wildman–Crippen MR) is 67.3 cm³/mol. The normalized spacial score (nSPS) is 12.2. The van der Waals surface area contributed by atoms with Gasteiger partial charge in [0.15, 0.2) is 5.78 Å². The van der Waals surface area contributed by atoms with E-state index in [1.807, 2.05) is 38.1 Å². The molecule has 1 unspecified atom stereocenters. The summed E-state index contributed by atoms with van der Waals surface area (Å²) in [5.74, 6) is 0.790. The molecule has 0 bridgehead atoms. The fourth-order valence-corrected chi connectivity index (χ4v) is 1.66. The van der Waals surface area contributed by atoms with Crippen LogP contribution in [0.25, 0.3) is 0 Å². The second-order valence-electron chi connectivity index (χ2n) is 3.81. The summed E-state index contributed by atoms with van der Waals surface area (Å²) < 4.78 is 10.9. The van der Waals surface area contributed by atoms with Crippen LogP contribution in [-0.4, -0.2) is 19.5 Å². The summed E-state index contributed by atoms with van der Waals surface area (Å²) in [6, 6.07) is 7.51. The number of ether oxygens (including phenoxy) is 2. The van der Waals surface area contributed by atoms with E-state index in [0.717, 1.165) is 12.0 Å². The molecule has 0 amide bonds. The van der Waals surface area contributed by atoms with Crippen molar-refractivity contribution in [1.29, 1.82) is 0 Å². The predicted octanol–water partition coefficient (Wildman–Crippen LogP) is 3.14. The van der Waals surface area contributed by atoms with Gasteiger partial charge in [-0.25, -0.2) is 0 Å². The molecule has 0 heterocycles. The largest absolute Gasteiger partial charge is 0.496 e. The number of para-hydroxylation sites is 1. The number of carbonyl (C=O) groups is 1. The van der Waals surface area contributed by atoms with E-state index in [1.165, 1.54) is 0 Å². The van der Waals surface area contributed by atoms with Crippen molar-refractivity contribution in [2.45, 2.75) is 32.8 Å². The average molecular weight is 236 g/mol. The van der Waals surface area contributed by atoms with Gasteiger partial charge in [-0.15, -0.1) is 0 Å². The molecule has 0 aliphatic rings. The van der Waals surface area contributed by atoms with Crippen molar-refractivity contribution in [2.75, 3.05) is 13.7 Å². The van der Waals surface area contributed by atoms with Gasteiger partial charge < -0.3 is 9.47 Å². The third-order valence-electron chi connectivity index (χ3n) is 2.55. The fraction of sp³-hybridized carbons (Fsp3) is 0.500. The zero-order valence-electron chi connectivity index (χ0n) is 10.7. The summed E-state index contributed by atoms with van der Waals surface area (Å²) in [5.41, 5.74) is 0.815. The molecule has 17 heavy (non-hydrogen) atoms. The van der Waals surface area contributed by atoms with Gasteiger partial charge in [-0.05, 0) is 12.5 Å². The van der Waals surface area contributed by atoms with Crippen molar-refractivity contribution in [3.05, 3.63) is 29.8 Å². The molecule has 0 saturated carbocycles. The third-order valence-corrected chi connectivity index (χ3v) is 2.55. The van der Waals surface area contributed by atoms with E-state index in [2.05, 4.69) is 0 Å². The number of benzene rings is 1. The molecule has 0 saturated heterocycles. The van der Waals surface area contributed by atoms with E-state index in [4.69, 9.17) is 9.47 Å². The van der Waals surface area contributed by atoms with Crippen LogP contribution in [0.5, 0.6) is 5.75 Å². The van der Waals surface area contributed by atoms with E-state index < -0.39 is 6.10 Å². The zero-order valence-corrected chi connectivity index (χ0v) is 10.7. The number of carbonyl (C=O) groups excluding carboxylic acids is 1. The summed E-state index contributed by atoms with van der Waals surface area (Å²) in [5, 5.41) is 0. The molecular weight excluding hydrogens is 216 g/mol. The van der Waals surface area contributed by atoms with Crippen LogP contribution in [0.3, 0.4) is 0 Å². The Hall–Kier alpha value is -1.35. The molecular formula is C14H20O3. The molecule has 0 aliphatic heterocycles. The lowest BCUT2D eigenvalue weighted by atomic mass is 10.0. The van der Waals surface area contributed by atoms with Crippen LogP contribution in [-0.2, 0) is 9.53 Å². The highest BCUT2D eigenvalue weighted by Crippen LogP contribution is 2.28. The molecule has 3 heteroatoms. The maximum absolute atomic E-state index is 11.9. The molecule has 0 aliphatic carbocycles. The Morgan fingerprint density at radius 3 is 2.59 bits per heavy atom. The van der Waals surface area contributed by atoms with Crippen LogP contribution in [0, 0.1) is 0 Å². The summed E-state index contributed by atoms with van der Waals surface area (Å²) >= 11 is 0. The average Bonchev–Trinajstić information content (AvgIpc) is 2.39. The first-order chi connectivity index (χ1) is 8.24. The van der Waals surface area contributed by atoms with Crippen molar-refractivity contribution in [2.24, 2.45) is 0 Å². The molecule has 0 aromatic heterocycles. The molecule has 94 valence electrons. The minimum atomic E-state index is -0.504. The highest BCUT2D eigenvalue weighted by molar-refractivity contribution is 5.84. The second-order valence-corrected chi connectivity index (χ2v) is 3.81. The minimum Gasteiger partial charge on any atom is -0.496 e. The monoisotopic (exact) mass is 236 g/mol. The zero-order chi connectivity index (χ0) is 12.7. The van der Waals surface area contributed by atoms with E-state index >= 15 is 0 Å². The molecule has 1 aromatic rings. The number of Topliss-reactive ketones (excluding diaryl/α,β-unsaturated/α-hetero) is 1. The van der Waals surface area contributed by atoms with Gasteiger partial charge in [0.2, 0.25) is 0 Å². The van der Waals surface area contributed by atoms with Crippen molar-refractivity contribution < 1.29 is 14.3 Å². The molecule has 1 aromatic carbocycles. The Labute approximate surface area is 103 Å². The lowest BCUT2D eigenvalue weighted by Crippen LogP contribution is -2.16. The Kier molecular flexibility index (Phi) is 5.70. The van der Waals surface area contributed by atoms with Crippen LogP contribution >= 0.6 is 0 Å². The molecule has 0 fully saturated rings. The van der Waals surface area contributed by atoms with Crippen molar-refractivity contribution >= 4 is 5.78 Å². The van der Waals surface area contributed by atoms with Crippen LogP contribution in [0.4, 0.5) is 0 Å². The number of hydrogen-bond acceptors (Lipinski definition) is 3. The smallest absolute Gasteiger partial charge is 0.165 e. The second kappa shape index (κ2) is 7.07. The van der Waals surface area contributed by atoms with Crippen molar-refractivity contribution in [3.8, 4) is 5.75 Å². The van der Waals surface area contributed by atoms with Gasteiger partial charge >= 0.3 is 0 Å². The molecule has 3 nitrogen and oxygen atoms in total. The number of hydrogen-bond donors (Lipinski definition) is 0. The number of rotatable bonds is 7. The maximum atomic E-state index is 11.9. The van der Waals surface area contributed by atoms with Gasteiger partial charge in [0.25, 0.3) is 0 Å². The van der Waals surface area contributed by atoms with Gasteiger partial charge in [-0.3, -0.25) is 4.79 Å². The van der Waals surface area contributed by atoms with E-state index in [-0.39, 0.29) is 5.78 Å². The molecule has 0 radical (unpaired) electrons. The van der Waals surface area contributed by atoms with Crippen LogP contribution in [0.15, 0.2) is 24.3 Å². The molecule has 1 rings (SSSR count). The molecule has 0 spiro atoms. The first-order valence-corrected chi connectivity index (χ1v) is 6.01. The standard InChI is InChI=1S/C14H20O3/c1-4-10-17-14(12(15)5-2)11-8-6-7-9-13(11)16-3/h6-9,14H,4-5,10H2,1-3H3. The summed E-state index contributed by atoms with van der Waals surface area (Å²) in [7, 11) is 1.60. The molecule has 1 atom stereocenters. The summed E-state index contributed by atoms with van der Waals surface area (Å²) in [4.78, 5) is 11.9. The fourth-order valence-electron chi connectivity index (χ4n) is 1.66. The SMILES string of the molecule is CCCOC(C(=O)CC)c1ccccc1OC. The lowest BCUT2D eigenvalue weighted by molar-refractivity contribution is -0.130. The Balaban J connectivity index is 2.98.